The van der Waals surface area contributed by atoms with E-state index in [1.165, 1.54) is 29.4 Å². The summed E-state index contributed by atoms with van der Waals surface area (Å²) in [5.74, 6) is -0.632. The Bertz CT molecular complexity index is 700. The second kappa shape index (κ2) is 7.25. The van der Waals surface area contributed by atoms with Crippen molar-refractivity contribution < 1.29 is 17.6 Å². The third-order valence-corrected chi connectivity index (χ3v) is 5.98. The lowest BCUT2D eigenvalue weighted by Crippen LogP contribution is -2.48. The molecule has 1 aliphatic rings. The van der Waals surface area contributed by atoms with Crippen LogP contribution in [-0.2, 0) is 14.6 Å². The van der Waals surface area contributed by atoms with Crippen molar-refractivity contribution in [2.45, 2.75) is 37.0 Å². The largest absolute Gasteiger partial charge is 0.338 e. The summed E-state index contributed by atoms with van der Waals surface area (Å²) < 4.78 is 37.0. The van der Waals surface area contributed by atoms with Gasteiger partial charge in [-0.1, -0.05) is 25.0 Å². The van der Waals surface area contributed by atoms with Crippen molar-refractivity contribution in [1.29, 1.82) is 0 Å². The molecule has 0 spiro atoms. The predicted octanol–water partition coefficient (Wildman–Crippen LogP) is 2.65. The smallest absolute Gasteiger partial charge is 0.246 e. The average Bonchev–Trinajstić information content (AvgIpc) is 2.51. The van der Waals surface area contributed by atoms with Gasteiger partial charge in [0.1, 0.15) is 5.82 Å². The highest BCUT2D eigenvalue weighted by atomic mass is 32.2. The van der Waals surface area contributed by atoms with E-state index in [-0.39, 0.29) is 17.8 Å². The molecule has 0 radical (unpaired) electrons. The van der Waals surface area contributed by atoms with Crippen molar-refractivity contribution in [3.05, 3.63) is 41.7 Å². The van der Waals surface area contributed by atoms with Crippen molar-refractivity contribution in [2.75, 3.05) is 13.3 Å². The number of benzene rings is 1. The van der Waals surface area contributed by atoms with Crippen molar-refractivity contribution >= 4 is 21.8 Å². The molecule has 0 aliphatic heterocycles. The number of rotatable bonds is 4. The van der Waals surface area contributed by atoms with Crippen LogP contribution in [0.2, 0.25) is 0 Å². The van der Waals surface area contributed by atoms with Gasteiger partial charge in [0.05, 0.1) is 5.25 Å². The average molecular weight is 339 g/mol. The zero-order valence-corrected chi connectivity index (χ0v) is 14.2. The molecule has 1 aromatic carbocycles. The van der Waals surface area contributed by atoms with E-state index in [0.717, 1.165) is 12.8 Å². The first kappa shape index (κ1) is 17.7. The van der Waals surface area contributed by atoms with Crippen LogP contribution in [0.5, 0.6) is 0 Å². The molecule has 6 heteroatoms. The Balaban J connectivity index is 2.11. The van der Waals surface area contributed by atoms with E-state index < -0.39 is 15.1 Å². The molecule has 2 rings (SSSR count). The number of sulfone groups is 1. The lowest BCUT2D eigenvalue weighted by atomic mass is 9.93. The van der Waals surface area contributed by atoms with Gasteiger partial charge in [-0.3, -0.25) is 4.79 Å². The van der Waals surface area contributed by atoms with Gasteiger partial charge in [0.25, 0.3) is 0 Å². The van der Waals surface area contributed by atoms with Crippen molar-refractivity contribution in [3.63, 3.8) is 0 Å². The van der Waals surface area contributed by atoms with E-state index in [2.05, 4.69) is 0 Å². The van der Waals surface area contributed by atoms with Crippen LogP contribution in [0, 0.1) is 5.82 Å². The van der Waals surface area contributed by atoms with E-state index in [1.807, 2.05) is 0 Å². The van der Waals surface area contributed by atoms with Crippen LogP contribution in [0.25, 0.3) is 6.08 Å². The van der Waals surface area contributed by atoms with Crippen LogP contribution in [0.15, 0.2) is 30.3 Å². The topological polar surface area (TPSA) is 54.5 Å². The third-order valence-electron chi connectivity index (χ3n) is 4.33. The number of likely N-dealkylation sites (N-methyl/N-ethyl adjacent to an activating group) is 1. The summed E-state index contributed by atoms with van der Waals surface area (Å²) in [5.41, 5.74) is 0.593. The molecule has 0 N–H and O–H groups in total. The summed E-state index contributed by atoms with van der Waals surface area (Å²) in [6, 6.07) is 5.65. The normalized spacial score (nSPS) is 22.2. The van der Waals surface area contributed by atoms with Crippen LogP contribution in [0.1, 0.15) is 31.2 Å². The van der Waals surface area contributed by atoms with E-state index in [4.69, 9.17) is 0 Å². The number of hydrogen-bond donors (Lipinski definition) is 0. The van der Waals surface area contributed by atoms with Crippen LogP contribution >= 0.6 is 0 Å². The summed E-state index contributed by atoms with van der Waals surface area (Å²) in [5, 5.41) is -0.507. The predicted molar refractivity (Wildman–Crippen MR) is 89.1 cm³/mol. The molecule has 1 aromatic rings. The number of amides is 1. The molecule has 0 unspecified atom stereocenters. The fraction of sp³-hybridized carbons (Fsp3) is 0.471. The highest BCUT2D eigenvalue weighted by Crippen LogP contribution is 2.27. The van der Waals surface area contributed by atoms with Gasteiger partial charge in [0.2, 0.25) is 5.91 Å². The Labute approximate surface area is 136 Å². The van der Waals surface area contributed by atoms with E-state index in [9.17, 15) is 17.6 Å². The van der Waals surface area contributed by atoms with E-state index in [0.29, 0.717) is 18.4 Å². The Hall–Kier alpha value is -1.69. The maximum absolute atomic E-state index is 13.1. The minimum absolute atomic E-state index is 0.269. The van der Waals surface area contributed by atoms with Crippen molar-refractivity contribution in [3.8, 4) is 0 Å². The molecule has 1 saturated carbocycles. The quantitative estimate of drug-likeness (QED) is 0.793. The van der Waals surface area contributed by atoms with E-state index >= 15 is 0 Å². The number of halogens is 1. The summed E-state index contributed by atoms with van der Waals surface area (Å²) in [7, 11) is -1.56. The lowest BCUT2D eigenvalue weighted by Gasteiger charge is -2.36. The summed E-state index contributed by atoms with van der Waals surface area (Å²) in [6.07, 6.45) is 7.21. The Morgan fingerprint density at radius 2 is 2.00 bits per heavy atom. The third kappa shape index (κ3) is 4.64. The van der Waals surface area contributed by atoms with Crippen LogP contribution in [-0.4, -0.2) is 43.8 Å². The molecule has 1 fully saturated rings. The minimum atomic E-state index is -3.19. The van der Waals surface area contributed by atoms with E-state index in [1.54, 1.807) is 25.3 Å². The fourth-order valence-electron chi connectivity index (χ4n) is 3.08. The van der Waals surface area contributed by atoms with Gasteiger partial charge in [0.15, 0.2) is 9.84 Å². The second-order valence-electron chi connectivity index (χ2n) is 6.06. The molecule has 126 valence electrons. The van der Waals surface area contributed by atoms with Gasteiger partial charge < -0.3 is 4.90 Å². The van der Waals surface area contributed by atoms with Gasteiger partial charge in [-0.2, -0.15) is 0 Å². The Morgan fingerprint density at radius 3 is 2.65 bits per heavy atom. The van der Waals surface area contributed by atoms with Gasteiger partial charge in [-0.25, -0.2) is 12.8 Å². The first-order valence-corrected chi connectivity index (χ1v) is 9.64. The van der Waals surface area contributed by atoms with Gasteiger partial charge >= 0.3 is 0 Å². The summed E-state index contributed by atoms with van der Waals surface area (Å²) >= 11 is 0. The van der Waals surface area contributed by atoms with Gasteiger partial charge in [-0.15, -0.1) is 0 Å². The van der Waals surface area contributed by atoms with Crippen molar-refractivity contribution in [1.82, 2.24) is 4.90 Å². The summed E-state index contributed by atoms with van der Waals surface area (Å²) in [6.45, 7) is 0. The molecule has 4 nitrogen and oxygen atoms in total. The number of carbonyl (C=O) groups excluding carboxylic acids is 1. The zero-order valence-electron chi connectivity index (χ0n) is 13.4. The Kier molecular flexibility index (Phi) is 5.57. The molecule has 0 aromatic heterocycles. The Morgan fingerprint density at radius 1 is 1.30 bits per heavy atom. The molecule has 0 bridgehead atoms. The minimum Gasteiger partial charge on any atom is -0.338 e. The molecule has 1 amide bonds. The number of hydrogen-bond acceptors (Lipinski definition) is 3. The molecule has 1 aliphatic carbocycles. The van der Waals surface area contributed by atoms with Gasteiger partial charge in [-0.05, 0) is 36.6 Å². The van der Waals surface area contributed by atoms with Crippen LogP contribution in [0.4, 0.5) is 4.39 Å². The first-order chi connectivity index (χ1) is 10.8. The van der Waals surface area contributed by atoms with Crippen LogP contribution in [0.3, 0.4) is 0 Å². The molecular weight excluding hydrogens is 317 g/mol. The SMILES string of the molecule is CN(C(=O)/C=C/c1cccc(F)c1)[C@H]1CCCC[C@@H]1S(C)(=O)=O. The van der Waals surface area contributed by atoms with Crippen molar-refractivity contribution in [2.24, 2.45) is 0 Å². The highest BCUT2D eigenvalue weighted by Gasteiger charge is 2.36. The maximum atomic E-state index is 13.1. The highest BCUT2D eigenvalue weighted by molar-refractivity contribution is 7.91. The lowest BCUT2D eigenvalue weighted by molar-refractivity contribution is -0.127. The first-order valence-electron chi connectivity index (χ1n) is 7.68. The number of nitrogens with zero attached hydrogens (tertiary/aromatic N) is 1. The molecule has 0 heterocycles. The monoisotopic (exact) mass is 339 g/mol. The summed E-state index contributed by atoms with van der Waals surface area (Å²) in [4.78, 5) is 13.8. The van der Waals surface area contributed by atoms with Crippen LogP contribution < -0.4 is 0 Å². The molecular formula is C17H22FNO3S. The van der Waals surface area contributed by atoms with Gasteiger partial charge in [0, 0.05) is 25.4 Å². The molecule has 23 heavy (non-hydrogen) atoms. The maximum Gasteiger partial charge on any atom is 0.246 e. The second-order valence-corrected chi connectivity index (χ2v) is 8.32. The standard InChI is InChI=1S/C17H22FNO3S/c1-19(15-8-3-4-9-16(15)23(2,21)22)17(20)11-10-13-6-5-7-14(18)12-13/h5-7,10-12,15-16H,3-4,8-9H2,1-2H3/b11-10+/t15-,16-/m0/s1. The zero-order chi connectivity index (χ0) is 17.0. The fourth-order valence-corrected chi connectivity index (χ4v) is 4.56. The molecule has 0 saturated heterocycles. The molecule has 2 atom stereocenters. The number of carbonyl (C=O) groups is 1.